The molecule has 0 aliphatic heterocycles. The summed E-state index contributed by atoms with van der Waals surface area (Å²) in [7, 11) is 0. The highest BCUT2D eigenvalue weighted by Crippen LogP contribution is 2.29. The number of phenols is 1. The molecule has 0 aliphatic rings. The van der Waals surface area contributed by atoms with Crippen LogP contribution in [0, 0.1) is 18.8 Å². The van der Waals surface area contributed by atoms with Crippen molar-refractivity contribution >= 4 is 11.0 Å². The van der Waals surface area contributed by atoms with Gasteiger partial charge in [0.15, 0.2) is 5.58 Å². The van der Waals surface area contributed by atoms with E-state index < -0.39 is 0 Å². The van der Waals surface area contributed by atoms with E-state index in [9.17, 15) is 9.90 Å². The molecule has 0 saturated heterocycles. The molecule has 0 unspecified atom stereocenters. The summed E-state index contributed by atoms with van der Waals surface area (Å²) >= 11 is 0. The lowest BCUT2D eigenvalue weighted by atomic mass is 10.0. The van der Waals surface area contributed by atoms with Crippen molar-refractivity contribution in [3.63, 3.8) is 0 Å². The van der Waals surface area contributed by atoms with E-state index in [1.807, 2.05) is 37.3 Å². The van der Waals surface area contributed by atoms with Gasteiger partial charge in [-0.3, -0.25) is 4.79 Å². The molecular formula is C25H32NO3+. The van der Waals surface area contributed by atoms with Crippen molar-refractivity contribution < 1.29 is 14.4 Å². The van der Waals surface area contributed by atoms with Gasteiger partial charge >= 0.3 is 0 Å². The zero-order chi connectivity index (χ0) is 21.1. The maximum atomic E-state index is 13.3. The van der Waals surface area contributed by atoms with Crippen LogP contribution in [0.25, 0.3) is 22.1 Å². The summed E-state index contributed by atoms with van der Waals surface area (Å²) in [5.41, 5.74) is 2.62. The van der Waals surface area contributed by atoms with E-state index in [0.717, 1.165) is 24.2 Å². The Morgan fingerprint density at radius 2 is 1.59 bits per heavy atom. The first-order valence-corrected chi connectivity index (χ1v) is 10.4. The highest BCUT2D eigenvalue weighted by molar-refractivity contribution is 5.86. The zero-order valence-electron chi connectivity index (χ0n) is 18.1. The fourth-order valence-corrected chi connectivity index (χ4v) is 4.15. The maximum absolute atomic E-state index is 13.3. The minimum absolute atomic E-state index is 0.0505. The third kappa shape index (κ3) is 4.70. The third-order valence-corrected chi connectivity index (χ3v) is 5.20. The summed E-state index contributed by atoms with van der Waals surface area (Å²) in [5.74, 6) is 1.85. The fraction of sp³-hybridized carbons (Fsp3) is 0.400. The number of hydrogen-bond acceptors (Lipinski definition) is 3. The highest BCUT2D eigenvalue weighted by atomic mass is 16.3. The smallest absolute Gasteiger partial charge is 0.200 e. The second-order valence-corrected chi connectivity index (χ2v) is 8.79. The van der Waals surface area contributed by atoms with Crippen LogP contribution in [0.2, 0.25) is 0 Å². The SMILES string of the molecule is Cc1oc2c(C[NH+](CC(C)C)CC(C)C)c(O)ccc2c(=O)c1-c1ccccc1. The Bertz CT molecular complexity index is 1030. The van der Waals surface area contributed by atoms with Crippen LogP contribution in [0.15, 0.2) is 51.7 Å². The average Bonchev–Trinajstić information content (AvgIpc) is 2.64. The minimum Gasteiger partial charge on any atom is -0.507 e. The van der Waals surface area contributed by atoms with Crippen molar-refractivity contribution in [1.29, 1.82) is 0 Å². The van der Waals surface area contributed by atoms with E-state index in [-0.39, 0.29) is 11.2 Å². The van der Waals surface area contributed by atoms with Crippen molar-refractivity contribution in [1.82, 2.24) is 0 Å². The minimum atomic E-state index is -0.0505. The van der Waals surface area contributed by atoms with Crippen molar-refractivity contribution in [2.75, 3.05) is 13.1 Å². The van der Waals surface area contributed by atoms with Crippen molar-refractivity contribution in [2.24, 2.45) is 11.8 Å². The Kier molecular flexibility index (Phi) is 6.43. The monoisotopic (exact) mass is 394 g/mol. The molecule has 154 valence electrons. The summed E-state index contributed by atoms with van der Waals surface area (Å²) in [4.78, 5) is 14.7. The number of nitrogens with one attached hydrogen (secondary N) is 1. The maximum Gasteiger partial charge on any atom is 0.200 e. The molecule has 0 amide bonds. The molecule has 4 heteroatoms. The average molecular weight is 395 g/mol. The molecule has 1 heterocycles. The number of aromatic hydroxyl groups is 1. The second-order valence-electron chi connectivity index (χ2n) is 8.79. The second kappa shape index (κ2) is 8.83. The largest absolute Gasteiger partial charge is 0.507 e. The van der Waals surface area contributed by atoms with E-state index in [1.165, 1.54) is 4.90 Å². The van der Waals surface area contributed by atoms with E-state index in [2.05, 4.69) is 27.7 Å². The number of phenolic OH excluding ortho intramolecular Hbond substituents is 1. The van der Waals surface area contributed by atoms with E-state index >= 15 is 0 Å². The van der Waals surface area contributed by atoms with Crippen LogP contribution in [0.1, 0.15) is 39.0 Å². The highest BCUT2D eigenvalue weighted by Gasteiger charge is 2.22. The predicted octanol–water partition coefficient (Wildman–Crippen LogP) is 4.17. The van der Waals surface area contributed by atoms with E-state index in [0.29, 0.717) is 40.7 Å². The van der Waals surface area contributed by atoms with E-state index in [4.69, 9.17) is 4.42 Å². The Morgan fingerprint density at radius 1 is 0.966 bits per heavy atom. The quantitative estimate of drug-likeness (QED) is 0.632. The summed E-state index contributed by atoms with van der Waals surface area (Å²) in [5, 5.41) is 11.1. The van der Waals surface area contributed by atoms with Gasteiger partial charge in [-0.2, -0.15) is 0 Å². The summed E-state index contributed by atoms with van der Waals surface area (Å²) < 4.78 is 6.18. The molecule has 4 nitrogen and oxygen atoms in total. The summed E-state index contributed by atoms with van der Waals surface area (Å²) in [6.45, 7) is 13.3. The van der Waals surface area contributed by atoms with Gasteiger partial charge in [0.1, 0.15) is 18.1 Å². The Morgan fingerprint density at radius 3 is 2.17 bits per heavy atom. The first kappa shape index (κ1) is 21.1. The molecule has 0 bridgehead atoms. The van der Waals surface area contributed by atoms with Crippen LogP contribution in [0.5, 0.6) is 5.75 Å². The Labute approximate surface area is 172 Å². The number of benzene rings is 2. The lowest BCUT2D eigenvalue weighted by Crippen LogP contribution is -3.11. The molecular weight excluding hydrogens is 362 g/mol. The normalized spacial score (nSPS) is 11.9. The van der Waals surface area contributed by atoms with Crippen molar-refractivity contribution in [3.05, 3.63) is 64.0 Å². The molecule has 0 aliphatic carbocycles. The number of rotatable bonds is 7. The molecule has 1 aromatic heterocycles. The zero-order valence-corrected chi connectivity index (χ0v) is 18.1. The van der Waals surface area contributed by atoms with Gasteiger partial charge in [0.25, 0.3) is 0 Å². The number of aryl methyl sites for hydroxylation is 1. The van der Waals surface area contributed by atoms with Gasteiger partial charge in [0, 0.05) is 11.8 Å². The lowest BCUT2D eigenvalue weighted by molar-refractivity contribution is -0.919. The van der Waals surface area contributed by atoms with Gasteiger partial charge in [-0.25, -0.2) is 0 Å². The molecule has 0 fully saturated rings. The molecule has 0 spiro atoms. The van der Waals surface area contributed by atoms with Gasteiger partial charge in [0.05, 0.1) is 29.6 Å². The van der Waals surface area contributed by atoms with Crippen LogP contribution in [-0.2, 0) is 6.54 Å². The molecule has 2 aromatic carbocycles. The molecule has 0 atom stereocenters. The van der Waals surface area contributed by atoms with Crippen LogP contribution >= 0.6 is 0 Å². The van der Waals surface area contributed by atoms with Crippen LogP contribution < -0.4 is 10.3 Å². The van der Waals surface area contributed by atoms with Gasteiger partial charge in [0.2, 0.25) is 5.43 Å². The van der Waals surface area contributed by atoms with Gasteiger partial charge in [-0.1, -0.05) is 58.0 Å². The predicted molar refractivity (Wildman–Crippen MR) is 118 cm³/mol. The number of hydrogen-bond donors (Lipinski definition) is 2. The molecule has 2 N–H and O–H groups in total. The number of quaternary nitrogens is 1. The first-order chi connectivity index (χ1) is 13.8. The van der Waals surface area contributed by atoms with Gasteiger partial charge in [-0.05, 0) is 24.6 Å². The van der Waals surface area contributed by atoms with E-state index in [1.54, 1.807) is 12.1 Å². The molecule has 3 aromatic rings. The topological polar surface area (TPSA) is 54.9 Å². The number of fused-ring (bicyclic) bond motifs is 1. The van der Waals surface area contributed by atoms with Crippen molar-refractivity contribution in [2.45, 2.75) is 41.2 Å². The van der Waals surface area contributed by atoms with Crippen LogP contribution in [0.3, 0.4) is 0 Å². The molecule has 29 heavy (non-hydrogen) atoms. The lowest BCUT2D eigenvalue weighted by Gasteiger charge is -2.24. The van der Waals surface area contributed by atoms with Crippen LogP contribution in [0.4, 0.5) is 0 Å². The third-order valence-electron chi connectivity index (χ3n) is 5.20. The van der Waals surface area contributed by atoms with Gasteiger partial charge in [-0.15, -0.1) is 0 Å². The molecule has 3 rings (SSSR count). The van der Waals surface area contributed by atoms with Gasteiger partial charge < -0.3 is 14.4 Å². The summed E-state index contributed by atoms with van der Waals surface area (Å²) in [6, 6.07) is 12.9. The first-order valence-electron chi connectivity index (χ1n) is 10.4. The Balaban J connectivity index is 2.13. The summed E-state index contributed by atoms with van der Waals surface area (Å²) in [6.07, 6.45) is 0. The van der Waals surface area contributed by atoms with Crippen molar-refractivity contribution in [3.8, 4) is 16.9 Å². The standard InChI is InChI=1S/C25H31NO3/c1-16(2)13-26(14-17(3)4)15-21-22(27)12-11-20-24(28)23(18(5)29-25(20)21)19-9-7-6-8-10-19/h6-12,16-17,27H,13-15H2,1-5H3/p+1. The molecule has 0 saturated carbocycles. The Hall–Kier alpha value is -2.59. The molecule has 0 radical (unpaired) electrons. The fourth-order valence-electron chi connectivity index (χ4n) is 4.15. The van der Waals surface area contributed by atoms with Crippen LogP contribution in [-0.4, -0.2) is 18.2 Å².